The van der Waals surface area contributed by atoms with E-state index < -0.39 is 24.1 Å². The minimum absolute atomic E-state index is 0.0794. The molecule has 3 N–H and O–H groups in total. The molecule has 2 atom stereocenters. The number of amides is 3. The molecule has 0 radical (unpaired) electrons. The van der Waals surface area contributed by atoms with Gasteiger partial charge in [-0.15, -0.1) is 0 Å². The van der Waals surface area contributed by atoms with E-state index in [4.69, 9.17) is 4.74 Å². The van der Waals surface area contributed by atoms with Crippen LogP contribution in [0.3, 0.4) is 0 Å². The van der Waals surface area contributed by atoms with E-state index in [1.165, 1.54) is 0 Å². The van der Waals surface area contributed by atoms with Gasteiger partial charge >= 0.3 is 0 Å². The second kappa shape index (κ2) is 5.57. The van der Waals surface area contributed by atoms with Gasteiger partial charge in [-0.2, -0.15) is 0 Å². The molecule has 0 saturated carbocycles. The number of piperidine rings is 1. The normalized spacial score (nSPS) is 26.9. The number of benzene rings is 1. The summed E-state index contributed by atoms with van der Waals surface area (Å²) in [4.78, 5) is 37.1. The van der Waals surface area contributed by atoms with Crippen LogP contribution >= 0.6 is 0 Å². The molecule has 3 heterocycles. The summed E-state index contributed by atoms with van der Waals surface area (Å²) < 4.78 is 5.74. The van der Waals surface area contributed by atoms with Gasteiger partial charge in [0.1, 0.15) is 17.9 Å². The molecule has 126 valence electrons. The van der Waals surface area contributed by atoms with Crippen LogP contribution in [-0.2, 0) is 9.59 Å². The standard InChI is InChI=1S/C16H17N3O5/c20-13-4-3-12(14(21)18-13)19-15(22)10-2-1-8(5-11(10)16(19)23)24-9-6-17-7-9/h1-2,5,9,12,15,17,22H,3-4,6-7H2,(H,18,20,21). The summed E-state index contributed by atoms with van der Waals surface area (Å²) in [7, 11) is 0. The largest absolute Gasteiger partial charge is 0.488 e. The number of carbonyl (C=O) groups excluding carboxylic acids is 3. The SMILES string of the molecule is O=C1CCC(N2C(=O)c3cc(OC4CNC4)ccc3C2O)C(=O)N1. The van der Waals surface area contributed by atoms with E-state index in [0.717, 1.165) is 18.0 Å². The van der Waals surface area contributed by atoms with Gasteiger partial charge in [-0.1, -0.05) is 6.07 Å². The number of imide groups is 1. The molecule has 0 bridgehead atoms. The smallest absolute Gasteiger partial charge is 0.257 e. The van der Waals surface area contributed by atoms with Crippen LogP contribution in [0, 0.1) is 0 Å². The van der Waals surface area contributed by atoms with Crippen LogP contribution in [0.4, 0.5) is 0 Å². The summed E-state index contributed by atoms with van der Waals surface area (Å²) in [5.41, 5.74) is 0.778. The molecule has 24 heavy (non-hydrogen) atoms. The first-order valence-electron chi connectivity index (χ1n) is 7.90. The number of fused-ring (bicyclic) bond motifs is 1. The van der Waals surface area contributed by atoms with E-state index >= 15 is 0 Å². The van der Waals surface area contributed by atoms with Crippen LogP contribution in [0.15, 0.2) is 18.2 Å². The molecular weight excluding hydrogens is 314 g/mol. The zero-order valence-electron chi connectivity index (χ0n) is 12.8. The predicted octanol–water partition coefficient (Wildman–Crippen LogP) is -0.711. The van der Waals surface area contributed by atoms with Crippen LogP contribution in [0.1, 0.15) is 35.0 Å². The van der Waals surface area contributed by atoms with Crippen molar-refractivity contribution in [2.75, 3.05) is 13.1 Å². The lowest BCUT2D eigenvalue weighted by molar-refractivity contribution is -0.139. The monoisotopic (exact) mass is 331 g/mol. The molecule has 8 nitrogen and oxygen atoms in total. The van der Waals surface area contributed by atoms with E-state index in [9.17, 15) is 19.5 Å². The zero-order chi connectivity index (χ0) is 16.8. The highest BCUT2D eigenvalue weighted by atomic mass is 16.5. The quantitative estimate of drug-likeness (QED) is 0.632. The van der Waals surface area contributed by atoms with Gasteiger partial charge in [-0.05, 0) is 18.6 Å². The van der Waals surface area contributed by atoms with Gasteiger partial charge in [0.2, 0.25) is 11.8 Å². The summed E-state index contributed by atoms with van der Waals surface area (Å²) in [6, 6.07) is 4.11. The summed E-state index contributed by atoms with van der Waals surface area (Å²) in [5, 5.41) is 15.8. The number of aliphatic hydroxyl groups is 1. The zero-order valence-corrected chi connectivity index (χ0v) is 12.8. The average molecular weight is 331 g/mol. The third-order valence-corrected chi connectivity index (χ3v) is 4.62. The molecule has 0 aromatic heterocycles. The van der Waals surface area contributed by atoms with Crippen molar-refractivity contribution in [1.29, 1.82) is 0 Å². The minimum atomic E-state index is -1.20. The first-order chi connectivity index (χ1) is 11.5. The highest BCUT2D eigenvalue weighted by Gasteiger charge is 2.44. The van der Waals surface area contributed by atoms with Crippen molar-refractivity contribution in [3.05, 3.63) is 29.3 Å². The average Bonchev–Trinajstić information content (AvgIpc) is 2.75. The highest BCUT2D eigenvalue weighted by Crippen LogP contribution is 2.37. The van der Waals surface area contributed by atoms with Crippen molar-refractivity contribution >= 4 is 17.7 Å². The minimum Gasteiger partial charge on any atom is -0.488 e. The fraction of sp³-hybridized carbons (Fsp3) is 0.438. The Morgan fingerprint density at radius 2 is 2.00 bits per heavy atom. The van der Waals surface area contributed by atoms with Gasteiger partial charge in [-0.25, -0.2) is 0 Å². The Labute approximate surface area is 137 Å². The lowest BCUT2D eigenvalue weighted by atomic mass is 10.0. The van der Waals surface area contributed by atoms with Crippen LogP contribution in [0.25, 0.3) is 0 Å². The first kappa shape index (κ1) is 15.1. The Morgan fingerprint density at radius 1 is 1.21 bits per heavy atom. The van der Waals surface area contributed by atoms with Crippen molar-refractivity contribution in [2.45, 2.75) is 31.2 Å². The number of rotatable bonds is 3. The van der Waals surface area contributed by atoms with E-state index in [0.29, 0.717) is 16.9 Å². The summed E-state index contributed by atoms with van der Waals surface area (Å²) in [6.07, 6.45) is -0.767. The molecule has 2 unspecified atom stereocenters. The van der Waals surface area contributed by atoms with Crippen molar-refractivity contribution in [1.82, 2.24) is 15.5 Å². The number of hydrogen-bond donors (Lipinski definition) is 3. The van der Waals surface area contributed by atoms with Crippen LogP contribution in [0.2, 0.25) is 0 Å². The number of nitrogens with one attached hydrogen (secondary N) is 2. The van der Waals surface area contributed by atoms with Crippen molar-refractivity contribution in [3.63, 3.8) is 0 Å². The van der Waals surface area contributed by atoms with Gasteiger partial charge < -0.3 is 15.2 Å². The first-order valence-corrected chi connectivity index (χ1v) is 7.90. The summed E-state index contributed by atoms with van der Waals surface area (Å²) in [5.74, 6) is -0.779. The molecule has 3 amide bonds. The Kier molecular flexibility index (Phi) is 3.50. The molecule has 1 aromatic rings. The van der Waals surface area contributed by atoms with Gasteiger partial charge in [0.25, 0.3) is 5.91 Å². The number of nitrogens with zero attached hydrogens (tertiary/aromatic N) is 1. The van der Waals surface area contributed by atoms with Gasteiger partial charge in [0, 0.05) is 25.1 Å². The third-order valence-electron chi connectivity index (χ3n) is 4.62. The van der Waals surface area contributed by atoms with Crippen LogP contribution < -0.4 is 15.4 Å². The Balaban J connectivity index is 1.59. The summed E-state index contributed by atoms with van der Waals surface area (Å²) >= 11 is 0. The van der Waals surface area contributed by atoms with E-state index in [1.54, 1.807) is 18.2 Å². The van der Waals surface area contributed by atoms with Crippen LogP contribution in [-0.4, -0.2) is 53.0 Å². The number of hydrogen-bond acceptors (Lipinski definition) is 6. The lowest BCUT2D eigenvalue weighted by Crippen LogP contribution is -2.53. The Hall–Kier alpha value is -2.45. The van der Waals surface area contributed by atoms with Gasteiger partial charge in [-0.3, -0.25) is 24.6 Å². The summed E-state index contributed by atoms with van der Waals surface area (Å²) in [6.45, 7) is 1.52. The van der Waals surface area contributed by atoms with Gasteiger partial charge in [0.15, 0.2) is 6.23 Å². The van der Waals surface area contributed by atoms with Gasteiger partial charge in [0.05, 0.1) is 5.56 Å². The molecule has 8 heteroatoms. The Morgan fingerprint density at radius 3 is 2.67 bits per heavy atom. The van der Waals surface area contributed by atoms with E-state index in [2.05, 4.69) is 10.6 Å². The predicted molar refractivity (Wildman–Crippen MR) is 81.0 cm³/mol. The Bertz CT molecular complexity index is 730. The molecule has 0 aliphatic carbocycles. The maximum absolute atomic E-state index is 12.7. The third kappa shape index (κ3) is 2.35. The molecule has 2 saturated heterocycles. The van der Waals surface area contributed by atoms with Crippen LogP contribution in [0.5, 0.6) is 5.75 Å². The van der Waals surface area contributed by atoms with E-state index in [1.807, 2.05) is 0 Å². The molecular formula is C16H17N3O5. The number of aliphatic hydroxyl groups excluding tert-OH is 1. The molecule has 3 aliphatic rings. The second-order valence-electron chi connectivity index (χ2n) is 6.20. The maximum Gasteiger partial charge on any atom is 0.257 e. The van der Waals surface area contributed by atoms with Crippen molar-refractivity contribution in [2.24, 2.45) is 0 Å². The van der Waals surface area contributed by atoms with Crippen molar-refractivity contribution in [3.8, 4) is 5.75 Å². The van der Waals surface area contributed by atoms with E-state index in [-0.39, 0.29) is 24.9 Å². The molecule has 3 aliphatic heterocycles. The topological polar surface area (TPSA) is 108 Å². The molecule has 4 rings (SSSR count). The fourth-order valence-electron chi connectivity index (χ4n) is 3.22. The molecule has 2 fully saturated rings. The maximum atomic E-state index is 12.7. The molecule has 0 spiro atoms. The fourth-order valence-corrected chi connectivity index (χ4v) is 3.22. The van der Waals surface area contributed by atoms with Crippen molar-refractivity contribution < 1.29 is 24.2 Å². The number of carbonyl (C=O) groups is 3. The highest BCUT2D eigenvalue weighted by molar-refractivity contribution is 6.05. The lowest BCUT2D eigenvalue weighted by Gasteiger charge is -2.31. The molecule has 1 aromatic carbocycles. The second-order valence-corrected chi connectivity index (χ2v) is 6.20. The number of ether oxygens (including phenoxy) is 1.